The summed E-state index contributed by atoms with van der Waals surface area (Å²) in [7, 11) is 0. The summed E-state index contributed by atoms with van der Waals surface area (Å²) in [5, 5.41) is 11.8. The Bertz CT molecular complexity index is 471. The maximum Gasteiger partial charge on any atom is 0.220 e. The number of aliphatic hydroxyl groups excluding tert-OH is 1. The Kier molecular flexibility index (Phi) is 18.1. The number of carbonyl (C=O) groups excluding carboxylic acids is 1. The van der Waals surface area contributed by atoms with Crippen molar-refractivity contribution >= 4 is 5.91 Å². The molecule has 0 heterocycles. The van der Waals surface area contributed by atoms with Gasteiger partial charge in [0.05, 0.1) is 6.10 Å². The van der Waals surface area contributed by atoms with Crippen LogP contribution in [0.3, 0.4) is 0 Å². The number of nitrogens with one attached hydrogen (secondary N) is 1. The summed E-state index contributed by atoms with van der Waals surface area (Å²) in [5.41, 5.74) is 0. The van der Waals surface area contributed by atoms with Crippen LogP contribution in [0, 0.1) is 0 Å². The molecule has 146 valence electrons. The topological polar surface area (TPSA) is 49.3 Å². The number of hydrogen-bond donors (Lipinski definition) is 2. The lowest BCUT2D eigenvalue weighted by Gasteiger charge is -2.05. The van der Waals surface area contributed by atoms with Crippen molar-refractivity contribution in [2.24, 2.45) is 0 Å². The molecule has 0 rings (SSSR count). The predicted octanol–water partition coefficient (Wildman–Crippen LogP) is 5.41. The molecule has 2 N–H and O–H groups in total. The molecule has 0 aliphatic rings. The van der Waals surface area contributed by atoms with Crippen LogP contribution in [0.5, 0.6) is 0 Å². The Morgan fingerprint density at radius 1 is 0.846 bits per heavy atom. The van der Waals surface area contributed by atoms with E-state index >= 15 is 0 Å². The lowest BCUT2D eigenvalue weighted by Crippen LogP contribution is -2.30. The third kappa shape index (κ3) is 20.2. The third-order valence-corrected chi connectivity index (χ3v) is 3.53. The van der Waals surface area contributed by atoms with Crippen molar-refractivity contribution in [3.05, 3.63) is 60.8 Å². The fourth-order valence-electron chi connectivity index (χ4n) is 2.10. The molecule has 0 spiro atoms. The van der Waals surface area contributed by atoms with Gasteiger partial charge in [0, 0.05) is 13.0 Å². The first kappa shape index (κ1) is 24.1. The highest BCUT2D eigenvalue weighted by Gasteiger charge is 2.01. The first-order valence-corrected chi connectivity index (χ1v) is 9.86. The van der Waals surface area contributed by atoms with Gasteiger partial charge in [0.25, 0.3) is 0 Å². The largest absolute Gasteiger partial charge is 0.392 e. The first-order valence-electron chi connectivity index (χ1n) is 9.86. The molecular weight excluding hydrogens is 322 g/mol. The van der Waals surface area contributed by atoms with Gasteiger partial charge in [-0.1, -0.05) is 67.7 Å². The van der Waals surface area contributed by atoms with Gasteiger partial charge in [-0.05, 0) is 51.9 Å². The summed E-state index contributed by atoms with van der Waals surface area (Å²) >= 11 is 0. The minimum atomic E-state index is -0.482. The van der Waals surface area contributed by atoms with Crippen molar-refractivity contribution in [2.45, 2.75) is 71.3 Å². The molecule has 26 heavy (non-hydrogen) atoms. The minimum absolute atomic E-state index is 0.0123. The molecule has 0 radical (unpaired) electrons. The molecule has 0 fully saturated rings. The number of hydrogen-bond acceptors (Lipinski definition) is 2. The van der Waals surface area contributed by atoms with Gasteiger partial charge < -0.3 is 10.4 Å². The van der Waals surface area contributed by atoms with Crippen LogP contribution in [0.2, 0.25) is 0 Å². The van der Waals surface area contributed by atoms with Gasteiger partial charge in [0.2, 0.25) is 5.91 Å². The number of carbonyl (C=O) groups is 1. The van der Waals surface area contributed by atoms with Crippen molar-refractivity contribution in [1.29, 1.82) is 0 Å². The van der Waals surface area contributed by atoms with E-state index in [4.69, 9.17) is 5.11 Å². The molecule has 0 saturated heterocycles. The molecule has 0 aliphatic heterocycles. The van der Waals surface area contributed by atoms with Gasteiger partial charge in [-0.15, -0.1) is 0 Å². The molecule has 3 heteroatoms. The highest BCUT2D eigenvalue weighted by atomic mass is 16.3. The monoisotopic (exact) mass is 359 g/mol. The van der Waals surface area contributed by atoms with Crippen LogP contribution < -0.4 is 5.32 Å². The average Bonchev–Trinajstić information content (AvgIpc) is 2.62. The van der Waals surface area contributed by atoms with Crippen LogP contribution in [-0.2, 0) is 4.79 Å². The number of unbranched alkanes of at least 4 members (excludes halogenated alkanes) is 1. The number of amides is 1. The number of rotatable bonds is 15. The second-order valence-electron chi connectivity index (χ2n) is 6.25. The Hall–Kier alpha value is -1.87. The highest BCUT2D eigenvalue weighted by Crippen LogP contribution is 1.99. The summed E-state index contributed by atoms with van der Waals surface area (Å²) in [6, 6.07) is 0. The molecule has 0 aromatic heterocycles. The van der Waals surface area contributed by atoms with Gasteiger partial charge in [0.1, 0.15) is 0 Å². The second-order valence-corrected chi connectivity index (χ2v) is 6.25. The molecular formula is C23H37NO2. The van der Waals surface area contributed by atoms with Crippen LogP contribution in [-0.4, -0.2) is 23.7 Å². The summed E-state index contributed by atoms with van der Waals surface area (Å²) in [6.45, 7) is 4.15. The standard InChI is InChI=1S/C23H37NO2/c1-3-4-5-6-7-8-9-10-11-12-13-14-15-16-17-18-19-20-23(26)24-21-22(2)25/h4-5,7-8,10-11,13-14,16-17,22,25H,3,6,9,12,15,18-21H2,1-2H3,(H,24,26). The molecule has 3 nitrogen and oxygen atoms in total. The Labute approximate surface area is 160 Å². The molecule has 1 amide bonds. The third-order valence-electron chi connectivity index (χ3n) is 3.53. The van der Waals surface area contributed by atoms with Crippen molar-refractivity contribution in [1.82, 2.24) is 5.32 Å². The lowest BCUT2D eigenvalue weighted by atomic mass is 10.2. The van der Waals surface area contributed by atoms with Crippen molar-refractivity contribution in [3.63, 3.8) is 0 Å². The first-order chi connectivity index (χ1) is 12.7. The summed E-state index contributed by atoms with van der Waals surface area (Å²) in [5.74, 6) is 0.0123. The predicted molar refractivity (Wildman–Crippen MR) is 113 cm³/mol. The zero-order valence-corrected chi connectivity index (χ0v) is 16.6. The summed E-state index contributed by atoms with van der Waals surface area (Å²) in [4.78, 5) is 11.4. The fourth-order valence-corrected chi connectivity index (χ4v) is 2.10. The number of allylic oxidation sites excluding steroid dienone is 10. The van der Waals surface area contributed by atoms with Crippen molar-refractivity contribution < 1.29 is 9.90 Å². The molecule has 1 unspecified atom stereocenters. The Morgan fingerprint density at radius 2 is 1.31 bits per heavy atom. The van der Waals surface area contributed by atoms with Crippen molar-refractivity contribution in [3.8, 4) is 0 Å². The van der Waals surface area contributed by atoms with E-state index in [0.717, 1.165) is 44.9 Å². The van der Waals surface area contributed by atoms with E-state index in [9.17, 15) is 4.79 Å². The quantitative estimate of drug-likeness (QED) is 0.303. The van der Waals surface area contributed by atoms with E-state index in [1.165, 1.54) is 0 Å². The van der Waals surface area contributed by atoms with E-state index in [1.807, 2.05) is 0 Å². The van der Waals surface area contributed by atoms with E-state index in [2.05, 4.69) is 73.0 Å². The van der Waals surface area contributed by atoms with Crippen LogP contribution in [0.25, 0.3) is 0 Å². The van der Waals surface area contributed by atoms with Crippen LogP contribution >= 0.6 is 0 Å². The Balaban J connectivity index is 3.51. The molecule has 1 atom stereocenters. The van der Waals surface area contributed by atoms with E-state index in [0.29, 0.717) is 13.0 Å². The van der Waals surface area contributed by atoms with Gasteiger partial charge in [-0.2, -0.15) is 0 Å². The fraction of sp³-hybridized carbons (Fsp3) is 0.522. The van der Waals surface area contributed by atoms with Crippen LogP contribution in [0.15, 0.2) is 60.8 Å². The highest BCUT2D eigenvalue weighted by molar-refractivity contribution is 5.75. The zero-order chi connectivity index (χ0) is 19.3. The second kappa shape index (κ2) is 19.5. The normalized spacial score (nSPS) is 13.8. The molecule has 0 aromatic carbocycles. The maximum atomic E-state index is 11.4. The summed E-state index contributed by atoms with van der Waals surface area (Å²) in [6.07, 6.45) is 28.6. The Morgan fingerprint density at radius 3 is 1.77 bits per heavy atom. The molecule has 0 saturated carbocycles. The van der Waals surface area contributed by atoms with Crippen LogP contribution in [0.1, 0.15) is 65.2 Å². The van der Waals surface area contributed by atoms with Gasteiger partial charge in [-0.25, -0.2) is 0 Å². The lowest BCUT2D eigenvalue weighted by molar-refractivity contribution is -0.121. The van der Waals surface area contributed by atoms with Gasteiger partial charge in [-0.3, -0.25) is 4.79 Å². The van der Waals surface area contributed by atoms with Gasteiger partial charge in [0.15, 0.2) is 0 Å². The molecule has 0 aromatic rings. The van der Waals surface area contributed by atoms with Crippen molar-refractivity contribution in [2.75, 3.05) is 6.54 Å². The minimum Gasteiger partial charge on any atom is -0.392 e. The SMILES string of the molecule is CCC=CCC=CCC=CCC=CCC=CCCCC(=O)NCC(C)O. The molecule has 0 bridgehead atoms. The van der Waals surface area contributed by atoms with Gasteiger partial charge >= 0.3 is 0 Å². The van der Waals surface area contributed by atoms with E-state index in [1.54, 1.807) is 6.92 Å². The average molecular weight is 360 g/mol. The summed E-state index contributed by atoms with van der Waals surface area (Å²) < 4.78 is 0. The zero-order valence-electron chi connectivity index (χ0n) is 16.6. The smallest absolute Gasteiger partial charge is 0.220 e. The van der Waals surface area contributed by atoms with E-state index in [-0.39, 0.29) is 5.91 Å². The number of aliphatic hydroxyl groups is 1. The molecule has 0 aliphatic carbocycles. The maximum absolute atomic E-state index is 11.4. The van der Waals surface area contributed by atoms with Crippen LogP contribution in [0.4, 0.5) is 0 Å². The van der Waals surface area contributed by atoms with E-state index < -0.39 is 6.10 Å².